The maximum atomic E-state index is 12.6. The zero-order chi connectivity index (χ0) is 22.5. The van der Waals surface area contributed by atoms with Crippen LogP contribution in [0.2, 0.25) is 0 Å². The van der Waals surface area contributed by atoms with Crippen molar-refractivity contribution in [2.24, 2.45) is 0 Å². The molecule has 0 aliphatic carbocycles. The average Bonchev–Trinajstić information content (AvgIpc) is 2.78. The molecule has 0 unspecified atom stereocenters. The number of nitrogens with zero attached hydrogens (tertiary/aromatic N) is 3. The van der Waals surface area contributed by atoms with Crippen molar-refractivity contribution in [3.8, 4) is 11.5 Å². The third-order valence-electron chi connectivity index (χ3n) is 5.61. The highest BCUT2D eigenvalue weighted by Crippen LogP contribution is 2.26. The third-order valence-corrected chi connectivity index (χ3v) is 5.61. The predicted octanol–water partition coefficient (Wildman–Crippen LogP) is 4.45. The molecule has 4 rings (SSSR count). The van der Waals surface area contributed by atoms with E-state index < -0.39 is 0 Å². The quantitative estimate of drug-likeness (QED) is 0.600. The summed E-state index contributed by atoms with van der Waals surface area (Å²) in [5.41, 5.74) is 3.29. The molecule has 1 amide bonds. The Hall–Kier alpha value is -3.45. The van der Waals surface area contributed by atoms with Gasteiger partial charge in [0, 0.05) is 35.2 Å². The van der Waals surface area contributed by atoms with Crippen LogP contribution < -0.4 is 15.4 Å². The van der Waals surface area contributed by atoms with Crippen LogP contribution in [-0.2, 0) is 0 Å². The van der Waals surface area contributed by atoms with E-state index in [1.807, 2.05) is 56.3 Å². The Bertz CT molecular complexity index is 1080. The standard InChI is InChI=1S/C25H29N5O2/c1-17-4-9-23(18(2)27-17)32-22-10-13-26-24(16-22)28-20-7-5-19(6-8-20)25(31)29-21-11-14-30(3)15-12-21/h4-10,13,16,21H,11-12,14-15H2,1-3H3,(H,26,28)(H,29,31). The number of likely N-dealkylation sites (tertiary alicyclic amines) is 1. The first kappa shape index (κ1) is 21.8. The molecule has 0 radical (unpaired) electrons. The average molecular weight is 432 g/mol. The molecule has 3 aromatic rings. The molecule has 2 aromatic heterocycles. The van der Waals surface area contributed by atoms with Crippen LogP contribution in [0.1, 0.15) is 34.6 Å². The summed E-state index contributed by atoms with van der Waals surface area (Å²) in [6.07, 6.45) is 3.67. The van der Waals surface area contributed by atoms with Gasteiger partial charge in [0.25, 0.3) is 5.91 Å². The highest BCUT2D eigenvalue weighted by molar-refractivity contribution is 5.94. The summed E-state index contributed by atoms with van der Waals surface area (Å²) < 4.78 is 5.97. The number of anilines is 2. The molecule has 0 bridgehead atoms. The fourth-order valence-corrected chi connectivity index (χ4v) is 3.73. The summed E-state index contributed by atoms with van der Waals surface area (Å²) in [5, 5.41) is 6.41. The number of hydrogen-bond acceptors (Lipinski definition) is 6. The van der Waals surface area contributed by atoms with Crippen molar-refractivity contribution in [1.29, 1.82) is 0 Å². The lowest BCUT2D eigenvalue weighted by Crippen LogP contribution is -2.43. The van der Waals surface area contributed by atoms with Gasteiger partial charge >= 0.3 is 0 Å². The van der Waals surface area contributed by atoms with Crippen molar-refractivity contribution in [2.45, 2.75) is 32.7 Å². The van der Waals surface area contributed by atoms with E-state index in [0.29, 0.717) is 22.9 Å². The Morgan fingerprint density at radius 3 is 2.53 bits per heavy atom. The molecule has 0 spiro atoms. The number of benzene rings is 1. The number of hydrogen-bond donors (Lipinski definition) is 2. The van der Waals surface area contributed by atoms with Crippen LogP contribution in [0.4, 0.5) is 11.5 Å². The van der Waals surface area contributed by atoms with Crippen LogP contribution in [0.5, 0.6) is 11.5 Å². The van der Waals surface area contributed by atoms with Crippen molar-refractivity contribution >= 4 is 17.4 Å². The monoisotopic (exact) mass is 431 g/mol. The number of carbonyl (C=O) groups excluding carboxylic acids is 1. The van der Waals surface area contributed by atoms with E-state index in [1.54, 1.807) is 12.3 Å². The third kappa shape index (κ3) is 5.62. The normalized spacial score (nSPS) is 14.7. The molecule has 3 heterocycles. The van der Waals surface area contributed by atoms with Gasteiger partial charge in [-0.1, -0.05) is 0 Å². The molecule has 32 heavy (non-hydrogen) atoms. The van der Waals surface area contributed by atoms with Crippen molar-refractivity contribution in [2.75, 3.05) is 25.5 Å². The molecule has 7 heteroatoms. The number of rotatable bonds is 6. The second-order valence-electron chi connectivity index (χ2n) is 8.27. The number of nitrogens with one attached hydrogen (secondary N) is 2. The van der Waals surface area contributed by atoms with Crippen molar-refractivity contribution in [1.82, 2.24) is 20.2 Å². The van der Waals surface area contributed by atoms with Gasteiger partial charge < -0.3 is 20.3 Å². The number of piperidine rings is 1. The SMILES string of the molecule is Cc1ccc(Oc2ccnc(Nc3ccc(C(=O)NC4CCN(C)CC4)cc3)c2)c(C)n1. The highest BCUT2D eigenvalue weighted by Gasteiger charge is 2.19. The molecule has 166 valence electrons. The minimum Gasteiger partial charge on any atom is -0.455 e. The number of aromatic nitrogens is 2. The smallest absolute Gasteiger partial charge is 0.251 e. The molecule has 1 aliphatic rings. The zero-order valence-electron chi connectivity index (χ0n) is 18.8. The molecular weight excluding hydrogens is 402 g/mol. The lowest BCUT2D eigenvalue weighted by molar-refractivity contribution is 0.0917. The Morgan fingerprint density at radius 2 is 1.81 bits per heavy atom. The molecular formula is C25H29N5O2. The minimum absolute atomic E-state index is 0.0262. The number of carbonyl (C=O) groups is 1. The first-order chi connectivity index (χ1) is 15.5. The minimum atomic E-state index is -0.0262. The maximum Gasteiger partial charge on any atom is 0.251 e. The maximum absolute atomic E-state index is 12.6. The lowest BCUT2D eigenvalue weighted by Gasteiger charge is -2.29. The van der Waals surface area contributed by atoms with E-state index in [0.717, 1.165) is 43.0 Å². The van der Waals surface area contributed by atoms with E-state index in [2.05, 4.69) is 32.5 Å². The van der Waals surface area contributed by atoms with Gasteiger partial charge in [-0.05, 0) is 89.3 Å². The Balaban J connectivity index is 1.37. The number of pyridine rings is 2. The summed E-state index contributed by atoms with van der Waals surface area (Å²) in [4.78, 5) is 23.6. The fraction of sp³-hybridized carbons (Fsp3) is 0.320. The van der Waals surface area contributed by atoms with Crippen molar-refractivity contribution < 1.29 is 9.53 Å². The molecule has 2 N–H and O–H groups in total. The van der Waals surface area contributed by atoms with Gasteiger partial charge in [-0.15, -0.1) is 0 Å². The van der Waals surface area contributed by atoms with Crippen LogP contribution in [0.25, 0.3) is 0 Å². The van der Waals surface area contributed by atoms with Gasteiger partial charge in [0.05, 0.1) is 5.69 Å². The largest absolute Gasteiger partial charge is 0.455 e. The number of ether oxygens (including phenoxy) is 1. The van der Waals surface area contributed by atoms with Crippen LogP contribution in [0, 0.1) is 13.8 Å². The molecule has 7 nitrogen and oxygen atoms in total. The van der Waals surface area contributed by atoms with Gasteiger partial charge in [-0.2, -0.15) is 0 Å². The van der Waals surface area contributed by atoms with Gasteiger partial charge in [0.15, 0.2) is 0 Å². The van der Waals surface area contributed by atoms with Crippen LogP contribution in [-0.4, -0.2) is 47.0 Å². The summed E-state index contributed by atoms with van der Waals surface area (Å²) >= 11 is 0. The molecule has 1 aliphatic heterocycles. The summed E-state index contributed by atoms with van der Waals surface area (Å²) in [6.45, 7) is 5.91. The van der Waals surface area contributed by atoms with Crippen LogP contribution in [0.3, 0.4) is 0 Å². The summed E-state index contributed by atoms with van der Waals surface area (Å²) in [7, 11) is 2.11. The van der Waals surface area contributed by atoms with Gasteiger partial charge in [0.1, 0.15) is 17.3 Å². The predicted molar refractivity (Wildman–Crippen MR) is 126 cm³/mol. The lowest BCUT2D eigenvalue weighted by atomic mass is 10.0. The molecule has 1 fully saturated rings. The Kier molecular flexibility index (Phi) is 6.66. The topological polar surface area (TPSA) is 79.4 Å². The molecule has 1 saturated heterocycles. The van der Waals surface area contributed by atoms with Gasteiger partial charge in [0.2, 0.25) is 0 Å². The van der Waals surface area contributed by atoms with Crippen molar-refractivity contribution in [3.05, 3.63) is 71.7 Å². The van der Waals surface area contributed by atoms with E-state index in [9.17, 15) is 4.79 Å². The molecule has 0 saturated carbocycles. The number of aryl methyl sites for hydroxylation is 2. The molecule has 1 aromatic carbocycles. The first-order valence-electron chi connectivity index (χ1n) is 10.9. The highest BCUT2D eigenvalue weighted by atomic mass is 16.5. The Morgan fingerprint density at radius 1 is 1.06 bits per heavy atom. The van der Waals surface area contributed by atoms with Crippen LogP contribution >= 0.6 is 0 Å². The number of amides is 1. The van der Waals surface area contributed by atoms with Gasteiger partial charge in [-0.25, -0.2) is 4.98 Å². The van der Waals surface area contributed by atoms with E-state index in [4.69, 9.17) is 4.74 Å². The van der Waals surface area contributed by atoms with Gasteiger partial charge in [-0.3, -0.25) is 9.78 Å². The van der Waals surface area contributed by atoms with Crippen molar-refractivity contribution in [3.63, 3.8) is 0 Å². The Labute approximate surface area is 188 Å². The van der Waals surface area contributed by atoms with E-state index in [-0.39, 0.29) is 11.9 Å². The zero-order valence-corrected chi connectivity index (χ0v) is 18.8. The van der Waals surface area contributed by atoms with E-state index in [1.165, 1.54) is 0 Å². The second-order valence-corrected chi connectivity index (χ2v) is 8.27. The van der Waals surface area contributed by atoms with E-state index >= 15 is 0 Å². The molecule has 0 atom stereocenters. The first-order valence-corrected chi connectivity index (χ1v) is 10.9. The fourth-order valence-electron chi connectivity index (χ4n) is 3.73. The summed E-state index contributed by atoms with van der Waals surface area (Å²) in [6, 6.07) is 15.1. The van der Waals surface area contributed by atoms with Crippen LogP contribution in [0.15, 0.2) is 54.7 Å². The summed E-state index contributed by atoms with van der Waals surface area (Å²) in [5.74, 6) is 2.02. The second kappa shape index (κ2) is 9.78.